The molecule has 1 aliphatic carbocycles. The molecule has 1 aromatic carbocycles. The Morgan fingerprint density at radius 1 is 0.923 bits per heavy atom. The Balaban J connectivity index is 0.00000208. The fourth-order valence-corrected chi connectivity index (χ4v) is 4.21. The van der Waals surface area contributed by atoms with Gasteiger partial charge < -0.3 is 10.6 Å². The van der Waals surface area contributed by atoms with E-state index in [-0.39, 0.29) is 37.2 Å². The molecule has 3 rings (SSSR count). The summed E-state index contributed by atoms with van der Waals surface area (Å²) < 4.78 is 0. The zero-order chi connectivity index (χ0) is 16.2. The van der Waals surface area contributed by atoms with Crippen LogP contribution in [0.15, 0.2) is 18.2 Å². The van der Waals surface area contributed by atoms with E-state index in [1.165, 1.54) is 38.6 Å². The maximum Gasteiger partial charge on any atom is 0.0825 e. The van der Waals surface area contributed by atoms with E-state index >= 15 is 0 Å². The van der Waals surface area contributed by atoms with Crippen LogP contribution in [0.4, 0.5) is 5.69 Å². The molecule has 2 fully saturated rings. The standard InChI is InChI=1S/C18H27Cl2N3.3ClH/c19-16-2-1-3-17(18(16)20)23-12-10-22(11-13-23)9-8-14-4-6-15(21)7-5-14;;;/h1-3,14-15H,4-13,21H2;3*1H/t14-,15-;;;. The van der Waals surface area contributed by atoms with Gasteiger partial charge in [0.25, 0.3) is 0 Å². The minimum atomic E-state index is 0. The Kier molecular flexibility index (Phi) is 13.0. The Hall–Kier alpha value is 0.390. The average Bonchev–Trinajstić information content (AvgIpc) is 2.57. The van der Waals surface area contributed by atoms with Crippen molar-refractivity contribution in [3.63, 3.8) is 0 Å². The van der Waals surface area contributed by atoms with Crippen molar-refractivity contribution < 1.29 is 0 Å². The monoisotopic (exact) mass is 463 g/mol. The number of piperazine rings is 1. The van der Waals surface area contributed by atoms with Gasteiger partial charge in [-0.2, -0.15) is 0 Å². The summed E-state index contributed by atoms with van der Waals surface area (Å²) in [5.74, 6) is 0.884. The van der Waals surface area contributed by atoms with Gasteiger partial charge >= 0.3 is 0 Å². The number of halogens is 5. The van der Waals surface area contributed by atoms with Gasteiger partial charge in [0.15, 0.2) is 0 Å². The summed E-state index contributed by atoms with van der Waals surface area (Å²) in [5, 5.41) is 1.32. The first-order valence-electron chi connectivity index (χ1n) is 8.80. The SMILES string of the molecule is Cl.Cl.Cl.N[C@H]1CC[C@H](CCN2CCN(c3cccc(Cl)c3Cl)CC2)CC1. The van der Waals surface area contributed by atoms with Gasteiger partial charge in [-0.3, -0.25) is 4.90 Å². The van der Waals surface area contributed by atoms with Crippen LogP contribution in [0, 0.1) is 5.92 Å². The van der Waals surface area contributed by atoms with Crippen molar-refractivity contribution >= 4 is 66.1 Å². The lowest BCUT2D eigenvalue weighted by atomic mass is 9.84. The number of rotatable bonds is 4. The van der Waals surface area contributed by atoms with Crippen LogP contribution in [0.1, 0.15) is 32.1 Å². The van der Waals surface area contributed by atoms with E-state index in [1.807, 2.05) is 12.1 Å². The minimum absolute atomic E-state index is 0. The lowest BCUT2D eigenvalue weighted by molar-refractivity contribution is 0.217. The van der Waals surface area contributed by atoms with Gasteiger partial charge in [-0.05, 0) is 56.7 Å². The number of nitrogens with two attached hydrogens (primary N) is 1. The number of anilines is 1. The van der Waals surface area contributed by atoms with E-state index in [2.05, 4.69) is 15.9 Å². The summed E-state index contributed by atoms with van der Waals surface area (Å²) in [6, 6.07) is 6.34. The van der Waals surface area contributed by atoms with Gasteiger partial charge in [-0.15, -0.1) is 37.2 Å². The maximum absolute atomic E-state index is 6.34. The predicted molar refractivity (Wildman–Crippen MR) is 121 cm³/mol. The number of nitrogens with zero attached hydrogens (tertiary/aromatic N) is 2. The van der Waals surface area contributed by atoms with Crippen molar-refractivity contribution in [2.75, 3.05) is 37.6 Å². The molecule has 1 aromatic rings. The molecule has 2 N–H and O–H groups in total. The molecule has 0 atom stereocenters. The van der Waals surface area contributed by atoms with Crippen molar-refractivity contribution in [3.8, 4) is 0 Å². The van der Waals surface area contributed by atoms with Crippen LogP contribution in [0.25, 0.3) is 0 Å². The van der Waals surface area contributed by atoms with Crippen LogP contribution in [0.2, 0.25) is 10.0 Å². The second kappa shape index (κ2) is 12.8. The third-order valence-electron chi connectivity index (χ3n) is 5.39. The van der Waals surface area contributed by atoms with Gasteiger partial charge in [0.2, 0.25) is 0 Å². The molecule has 3 nitrogen and oxygen atoms in total. The first-order valence-corrected chi connectivity index (χ1v) is 9.56. The third kappa shape index (κ3) is 7.09. The van der Waals surface area contributed by atoms with Crippen LogP contribution in [0.5, 0.6) is 0 Å². The van der Waals surface area contributed by atoms with Crippen molar-refractivity contribution in [1.29, 1.82) is 0 Å². The van der Waals surface area contributed by atoms with Gasteiger partial charge in [0.1, 0.15) is 0 Å². The lowest BCUT2D eigenvalue weighted by Gasteiger charge is -2.37. The number of hydrogen-bond donors (Lipinski definition) is 1. The highest BCUT2D eigenvalue weighted by Gasteiger charge is 2.22. The molecule has 0 radical (unpaired) electrons. The largest absolute Gasteiger partial charge is 0.368 e. The molecule has 1 saturated carbocycles. The van der Waals surface area contributed by atoms with E-state index in [1.54, 1.807) is 0 Å². The summed E-state index contributed by atoms with van der Waals surface area (Å²) in [4.78, 5) is 4.94. The summed E-state index contributed by atoms with van der Waals surface area (Å²) in [7, 11) is 0. The molecule has 1 heterocycles. The highest BCUT2D eigenvalue weighted by atomic mass is 35.5. The third-order valence-corrected chi connectivity index (χ3v) is 6.20. The van der Waals surface area contributed by atoms with Crippen molar-refractivity contribution in [2.45, 2.75) is 38.1 Å². The Bertz CT molecular complexity index is 516. The molecule has 26 heavy (non-hydrogen) atoms. The first kappa shape index (κ1) is 26.4. The van der Waals surface area contributed by atoms with E-state index < -0.39 is 0 Å². The Morgan fingerprint density at radius 3 is 2.15 bits per heavy atom. The van der Waals surface area contributed by atoms with E-state index in [0.29, 0.717) is 16.1 Å². The van der Waals surface area contributed by atoms with Gasteiger partial charge in [0.05, 0.1) is 15.7 Å². The summed E-state index contributed by atoms with van der Waals surface area (Å²) in [6.07, 6.45) is 6.39. The summed E-state index contributed by atoms with van der Waals surface area (Å²) in [6.45, 7) is 5.48. The molecule has 0 amide bonds. The maximum atomic E-state index is 6.34. The fraction of sp³-hybridized carbons (Fsp3) is 0.667. The van der Waals surface area contributed by atoms with Crippen molar-refractivity contribution in [2.24, 2.45) is 11.7 Å². The fourth-order valence-electron chi connectivity index (χ4n) is 3.79. The van der Waals surface area contributed by atoms with Gasteiger partial charge in [-0.25, -0.2) is 0 Å². The number of benzene rings is 1. The van der Waals surface area contributed by atoms with Crippen LogP contribution in [0.3, 0.4) is 0 Å². The van der Waals surface area contributed by atoms with E-state index in [4.69, 9.17) is 28.9 Å². The lowest BCUT2D eigenvalue weighted by Crippen LogP contribution is -2.47. The molecular weight excluding hydrogens is 435 g/mol. The van der Waals surface area contributed by atoms with Crippen LogP contribution < -0.4 is 10.6 Å². The van der Waals surface area contributed by atoms with E-state index in [0.717, 1.165) is 37.8 Å². The smallest absolute Gasteiger partial charge is 0.0825 e. The first-order chi connectivity index (χ1) is 11.1. The molecule has 0 unspecified atom stereocenters. The molecular formula is C18H30Cl5N3. The van der Waals surface area contributed by atoms with Gasteiger partial charge in [0, 0.05) is 32.2 Å². The summed E-state index contributed by atoms with van der Waals surface area (Å²) in [5.41, 5.74) is 7.06. The topological polar surface area (TPSA) is 32.5 Å². The number of hydrogen-bond acceptors (Lipinski definition) is 3. The molecule has 0 aromatic heterocycles. The zero-order valence-corrected chi connectivity index (χ0v) is 18.9. The molecule has 0 bridgehead atoms. The average molecular weight is 466 g/mol. The molecule has 0 spiro atoms. The van der Waals surface area contributed by atoms with E-state index in [9.17, 15) is 0 Å². The Morgan fingerprint density at radius 2 is 1.54 bits per heavy atom. The van der Waals surface area contributed by atoms with Crippen molar-refractivity contribution in [1.82, 2.24) is 4.90 Å². The molecule has 2 aliphatic rings. The van der Waals surface area contributed by atoms with Crippen LogP contribution in [-0.2, 0) is 0 Å². The highest BCUT2D eigenvalue weighted by Crippen LogP contribution is 2.33. The second-order valence-corrected chi connectivity index (χ2v) is 7.76. The molecule has 1 saturated heterocycles. The predicted octanol–water partition coefficient (Wildman–Crippen LogP) is 5.29. The molecule has 1 aliphatic heterocycles. The quantitative estimate of drug-likeness (QED) is 0.656. The Labute approximate surface area is 186 Å². The zero-order valence-electron chi connectivity index (χ0n) is 14.9. The second-order valence-electron chi connectivity index (χ2n) is 6.97. The normalized spacial score (nSPS) is 23.4. The summed E-state index contributed by atoms with van der Waals surface area (Å²) >= 11 is 12.5. The van der Waals surface area contributed by atoms with Crippen LogP contribution >= 0.6 is 60.4 Å². The van der Waals surface area contributed by atoms with Gasteiger partial charge in [-0.1, -0.05) is 29.3 Å². The van der Waals surface area contributed by atoms with Crippen LogP contribution in [-0.4, -0.2) is 43.7 Å². The highest BCUT2D eigenvalue weighted by molar-refractivity contribution is 6.43. The minimum Gasteiger partial charge on any atom is -0.368 e. The van der Waals surface area contributed by atoms with Crippen molar-refractivity contribution in [3.05, 3.63) is 28.2 Å². The molecule has 152 valence electrons. The molecule has 8 heteroatoms.